The Hall–Kier alpha value is -2.60. The summed E-state index contributed by atoms with van der Waals surface area (Å²) < 4.78 is 0. The van der Waals surface area contributed by atoms with Crippen molar-refractivity contribution >= 4 is 11.4 Å². The van der Waals surface area contributed by atoms with Gasteiger partial charge in [0.1, 0.15) is 17.2 Å². The zero-order chi connectivity index (χ0) is 18.1. The number of phenolic OH excluding ortho intramolecular Hbond substituents is 3. The Morgan fingerprint density at radius 1 is 1.08 bits per heavy atom. The molecule has 0 aromatic heterocycles. The van der Waals surface area contributed by atoms with Gasteiger partial charge >= 0.3 is 0 Å². The van der Waals surface area contributed by atoms with Crippen LogP contribution in [0.4, 0.5) is 11.4 Å². The van der Waals surface area contributed by atoms with Crippen molar-refractivity contribution in [1.82, 2.24) is 0 Å². The number of aryl methyl sites for hydroxylation is 1. The molecule has 0 aliphatic heterocycles. The van der Waals surface area contributed by atoms with Gasteiger partial charge in [-0.3, -0.25) is 0 Å². The highest BCUT2D eigenvalue weighted by molar-refractivity contribution is 5.61. The van der Waals surface area contributed by atoms with E-state index in [9.17, 15) is 10.2 Å². The van der Waals surface area contributed by atoms with Crippen LogP contribution < -0.4 is 11.1 Å². The van der Waals surface area contributed by atoms with Crippen molar-refractivity contribution in [3.63, 3.8) is 0 Å². The van der Waals surface area contributed by atoms with E-state index in [1.165, 1.54) is 12.1 Å². The number of nitrogens with two attached hydrogens (primary N) is 1. The second kappa shape index (κ2) is 9.52. The topological polar surface area (TPSA) is 119 Å². The Bertz CT molecular complexity index is 660. The quantitative estimate of drug-likeness (QED) is 0.284. The number of aromatic hydroxyl groups is 3. The molecule has 0 amide bonds. The first kappa shape index (κ1) is 19.4. The maximum Gasteiger partial charge on any atom is 0.142 e. The van der Waals surface area contributed by atoms with E-state index >= 15 is 0 Å². The first-order chi connectivity index (χ1) is 11.4. The Kier molecular flexibility index (Phi) is 7.71. The van der Waals surface area contributed by atoms with Crippen LogP contribution in [0.3, 0.4) is 0 Å². The van der Waals surface area contributed by atoms with Crippen molar-refractivity contribution in [3.05, 3.63) is 41.5 Å². The van der Waals surface area contributed by atoms with Gasteiger partial charge in [0.15, 0.2) is 0 Å². The molecule has 2 rings (SSSR count). The predicted octanol–water partition coefficient (Wildman–Crippen LogP) is 2.74. The monoisotopic (exact) mass is 334 g/mol. The van der Waals surface area contributed by atoms with E-state index in [1.54, 1.807) is 19.1 Å². The molecule has 7 N–H and O–H groups in total. The molecule has 0 saturated carbocycles. The molecule has 0 unspecified atom stereocenters. The summed E-state index contributed by atoms with van der Waals surface area (Å²) in [6, 6.07) is 8.12. The number of rotatable bonds is 5. The number of aliphatic hydroxyl groups is 1. The third kappa shape index (κ3) is 5.55. The molecule has 132 valence electrons. The van der Waals surface area contributed by atoms with E-state index in [0.717, 1.165) is 24.1 Å². The summed E-state index contributed by atoms with van der Waals surface area (Å²) in [7, 11) is 0. The molecule has 0 aliphatic rings. The smallest absolute Gasteiger partial charge is 0.142 e. The van der Waals surface area contributed by atoms with Crippen molar-refractivity contribution in [3.8, 4) is 17.2 Å². The summed E-state index contributed by atoms with van der Waals surface area (Å²) in [5.41, 5.74) is 8.20. The second-order valence-corrected chi connectivity index (χ2v) is 5.41. The fraction of sp³-hybridized carbons (Fsp3) is 0.333. The lowest BCUT2D eigenvalue weighted by molar-refractivity contribution is 0.299. The lowest BCUT2D eigenvalue weighted by Gasteiger charge is -2.07. The average molecular weight is 334 g/mol. The van der Waals surface area contributed by atoms with E-state index in [1.807, 2.05) is 13.0 Å². The summed E-state index contributed by atoms with van der Waals surface area (Å²) in [5, 5.41) is 39.4. The highest BCUT2D eigenvalue weighted by atomic mass is 16.3. The first-order valence-electron chi connectivity index (χ1n) is 7.84. The van der Waals surface area contributed by atoms with Crippen molar-refractivity contribution < 1.29 is 20.4 Å². The van der Waals surface area contributed by atoms with Crippen LogP contribution in [0.1, 0.15) is 24.5 Å². The summed E-state index contributed by atoms with van der Waals surface area (Å²) >= 11 is 0. The number of phenols is 3. The Morgan fingerprint density at radius 3 is 2.38 bits per heavy atom. The number of anilines is 2. The van der Waals surface area contributed by atoms with E-state index in [2.05, 4.69) is 5.32 Å². The molecular weight excluding hydrogens is 308 g/mol. The van der Waals surface area contributed by atoms with Crippen molar-refractivity contribution in [2.45, 2.75) is 26.7 Å². The summed E-state index contributed by atoms with van der Waals surface area (Å²) in [6.07, 6.45) is 1.49. The molecule has 6 nitrogen and oxygen atoms in total. The highest BCUT2D eigenvalue weighted by Gasteiger charge is 2.05. The van der Waals surface area contributed by atoms with Gasteiger partial charge in [-0.25, -0.2) is 0 Å². The molecule has 0 aliphatic carbocycles. The minimum atomic E-state index is 0.0483. The fourth-order valence-corrected chi connectivity index (χ4v) is 2.03. The van der Waals surface area contributed by atoms with Crippen LogP contribution >= 0.6 is 0 Å². The normalized spacial score (nSPS) is 9.96. The lowest BCUT2D eigenvalue weighted by atomic mass is 10.1. The first-order valence-corrected chi connectivity index (χ1v) is 7.84. The lowest BCUT2D eigenvalue weighted by Crippen LogP contribution is -1.99. The van der Waals surface area contributed by atoms with E-state index in [4.69, 9.17) is 15.9 Å². The summed E-state index contributed by atoms with van der Waals surface area (Å²) in [5.74, 6) is 0.291. The van der Waals surface area contributed by atoms with Crippen LogP contribution in [0.25, 0.3) is 0 Å². The number of aliphatic hydroxyl groups excluding tert-OH is 1. The van der Waals surface area contributed by atoms with Gasteiger partial charge in [-0.1, -0.05) is 19.1 Å². The maximum absolute atomic E-state index is 9.41. The van der Waals surface area contributed by atoms with Gasteiger partial charge in [0.05, 0.1) is 11.4 Å². The zero-order valence-corrected chi connectivity index (χ0v) is 14.1. The summed E-state index contributed by atoms with van der Waals surface area (Å²) in [6.45, 7) is 4.70. The van der Waals surface area contributed by atoms with Gasteiger partial charge in [0, 0.05) is 19.2 Å². The SMILES string of the molecule is CCCNc1ccc(O)cc1O.Cc1ccc(CCO)c(N)c1O. The predicted molar refractivity (Wildman–Crippen MR) is 96.6 cm³/mol. The van der Waals surface area contributed by atoms with E-state index in [0.29, 0.717) is 17.8 Å². The van der Waals surface area contributed by atoms with Crippen LogP contribution in [-0.2, 0) is 6.42 Å². The number of nitrogens with one attached hydrogen (secondary N) is 1. The molecule has 2 aromatic carbocycles. The second-order valence-electron chi connectivity index (χ2n) is 5.41. The molecule has 0 saturated heterocycles. The third-order valence-electron chi connectivity index (χ3n) is 3.44. The zero-order valence-electron chi connectivity index (χ0n) is 14.1. The molecule has 0 radical (unpaired) electrons. The third-order valence-corrected chi connectivity index (χ3v) is 3.44. The molecule has 0 bridgehead atoms. The Morgan fingerprint density at radius 2 is 1.79 bits per heavy atom. The fourth-order valence-electron chi connectivity index (χ4n) is 2.03. The molecular formula is C18H26N2O4. The molecule has 0 spiro atoms. The number of nitrogen functional groups attached to an aromatic ring is 1. The minimum absolute atomic E-state index is 0.0483. The number of benzene rings is 2. The van der Waals surface area contributed by atoms with Gasteiger partial charge in [-0.15, -0.1) is 0 Å². The number of hydrogen-bond donors (Lipinski definition) is 6. The van der Waals surface area contributed by atoms with Gasteiger partial charge in [0.25, 0.3) is 0 Å². The van der Waals surface area contributed by atoms with E-state index in [-0.39, 0.29) is 23.9 Å². The largest absolute Gasteiger partial charge is 0.508 e. The van der Waals surface area contributed by atoms with Crippen LogP contribution in [0, 0.1) is 6.92 Å². The standard InChI is InChI=1S/2C9H13NO2/c1-6-2-3-7(4-5-11)8(10)9(6)12;1-2-5-10-8-4-3-7(11)6-9(8)12/h2-3,11-12H,4-5,10H2,1H3;3-4,6,10-12H,2,5H2,1H3. The van der Waals surface area contributed by atoms with Crippen LogP contribution in [-0.4, -0.2) is 33.6 Å². The van der Waals surface area contributed by atoms with Crippen molar-refractivity contribution in [1.29, 1.82) is 0 Å². The van der Waals surface area contributed by atoms with Crippen LogP contribution in [0.15, 0.2) is 30.3 Å². The molecule has 24 heavy (non-hydrogen) atoms. The van der Waals surface area contributed by atoms with Crippen LogP contribution in [0.5, 0.6) is 17.2 Å². The number of hydrogen-bond acceptors (Lipinski definition) is 6. The van der Waals surface area contributed by atoms with Gasteiger partial charge in [-0.05, 0) is 43.0 Å². The van der Waals surface area contributed by atoms with Crippen molar-refractivity contribution in [2.75, 3.05) is 24.2 Å². The van der Waals surface area contributed by atoms with Gasteiger partial charge < -0.3 is 31.5 Å². The Balaban J connectivity index is 0.000000240. The molecule has 6 heteroatoms. The van der Waals surface area contributed by atoms with E-state index < -0.39 is 0 Å². The minimum Gasteiger partial charge on any atom is -0.508 e. The van der Waals surface area contributed by atoms with Crippen molar-refractivity contribution in [2.24, 2.45) is 0 Å². The van der Waals surface area contributed by atoms with Crippen LogP contribution in [0.2, 0.25) is 0 Å². The molecule has 0 atom stereocenters. The Labute approximate surface area is 142 Å². The van der Waals surface area contributed by atoms with Gasteiger partial charge in [-0.2, -0.15) is 0 Å². The molecule has 0 fully saturated rings. The average Bonchev–Trinajstić information content (AvgIpc) is 2.55. The maximum atomic E-state index is 9.41. The highest BCUT2D eigenvalue weighted by Crippen LogP contribution is 2.28. The van der Waals surface area contributed by atoms with Gasteiger partial charge in [0.2, 0.25) is 0 Å². The summed E-state index contributed by atoms with van der Waals surface area (Å²) in [4.78, 5) is 0. The molecule has 2 aromatic rings. The molecule has 0 heterocycles.